The molecule has 0 spiro atoms. The largest absolute Gasteiger partial charge is 0.465 e. The quantitative estimate of drug-likeness (QED) is 0.523. The molecule has 0 aromatic heterocycles. The molecular formula is C7H13NO3. The van der Waals surface area contributed by atoms with E-state index in [2.05, 4.69) is 5.32 Å². The average molecular weight is 159 g/mol. The summed E-state index contributed by atoms with van der Waals surface area (Å²) in [7, 11) is 0. The first-order valence-corrected chi connectivity index (χ1v) is 3.71. The molecule has 1 amide bonds. The predicted octanol–water partition coefficient (Wildman–Crippen LogP) is 0.557. The average Bonchev–Trinajstić information content (AvgIpc) is 2.08. The summed E-state index contributed by atoms with van der Waals surface area (Å²) in [5, 5.41) is 20.2. The lowest BCUT2D eigenvalue weighted by molar-refractivity contribution is 0.0655. The minimum Gasteiger partial charge on any atom is -0.465 e. The van der Waals surface area contributed by atoms with Crippen molar-refractivity contribution in [2.45, 2.75) is 37.8 Å². The molecule has 1 aliphatic rings. The normalized spacial score (nSPS) is 37.1. The summed E-state index contributed by atoms with van der Waals surface area (Å²) in [6, 6.07) is -0.0671. The summed E-state index contributed by atoms with van der Waals surface area (Å²) in [6.07, 6.45) is 0.934. The first kappa shape index (κ1) is 8.33. The van der Waals surface area contributed by atoms with E-state index in [-0.39, 0.29) is 6.04 Å². The van der Waals surface area contributed by atoms with Gasteiger partial charge < -0.3 is 15.5 Å². The van der Waals surface area contributed by atoms with Gasteiger partial charge in [-0.1, -0.05) is 0 Å². The Kier molecular flexibility index (Phi) is 2.04. The van der Waals surface area contributed by atoms with Crippen molar-refractivity contribution in [3.63, 3.8) is 0 Å². The van der Waals surface area contributed by atoms with Gasteiger partial charge in [-0.05, 0) is 26.2 Å². The van der Waals surface area contributed by atoms with Gasteiger partial charge in [-0.15, -0.1) is 0 Å². The highest BCUT2D eigenvalue weighted by Crippen LogP contribution is 2.28. The van der Waals surface area contributed by atoms with E-state index in [4.69, 9.17) is 5.11 Å². The molecule has 4 nitrogen and oxygen atoms in total. The lowest BCUT2D eigenvalue weighted by Gasteiger charge is -2.15. The van der Waals surface area contributed by atoms with Crippen LogP contribution in [-0.4, -0.2) is 27.9 Å². The van der Waals surface area contributed by atoms with Crippen LogP contribution in [0, 0.1) is 0 Å². The lowest BCUT2D eigenvalue weighted by atomic mass is 10.1. The van der Waals surface area contributed by atoms with Crippen LogP contribution in [0.25, 0.3) is 0 Å². The molecule has 0 aromatic rings. The Morgan fingerprint density at radius 1 is 1.73 bits per heavy atom. The van der Waals surface area contributed by atoms with Crippen molar-refractivity contribution in [1.82, 2.24) is 5.32 Å². The third-order valence-corrected chi connectivity index (χ3v) is 2.05. The van der Waals surface area contributed by atoms with Crippen LogP contribution in [0.15, 0.2) is 0 Å². The second kappa shape index (κ2) is 2.70. The third kappa shape index (κ3) is 2.38. The SMILES string of the molecule is C[C@@]1(O)CC[C@H](NC(=O)O)C1. The van der Waals surface area contributed by atoms with Crippen molar-refractivity contribution < 1.29 is 15.0 Å². The van der Waals surface area contributed by atoms with E-state index in [1.165, 1.54) is 0 Å². The molecule has 4 heteroatoms. The minimum atomic E-state index is -1.01. The maximum absolute atomic E-state index is 10.2. The molecule has 64 valence electrons. The van der Waals surface area contributed by atoms with Gasteiger partial charge in [0.05, 0.1) is 5.60 Å². The Morgan fingerprint density at radius 3 is 2.73 bits per heavy atom. The van der Waals surface area contributed by atoms with E-state index < -0.39 is 11.7 Å². The molecule has 0 unspecified atom stereocenters. The van der Waals surface area contributed by atoms with E-state index >= 15 is 0 Å². The second-order valence-electron chi connectivity index (χ2n) is 3.39. The summed E-state index contributed by atoms with van der Waals surface area (Å²) >= 11 is 0. The zero-order chi connectivity index (χ0) is 8.48. The van der Waals surface area contributed by atoms with Crippen LogP contribution < -0.4 is 5.32 Å². The first-order valence-electron chi connectivity index (χ1n) is 3.71. The molecule has 0 radical (unpaired) electrons. The van der Waals surface area contributed by atoms with Gasteiger partial charge in [-0.25, -0.2) is 4.79 Å². The van der Waals surface area contributed by atoms with Crippen LogP contribution in [0.1, 0.15) is 26.2 Å². The fourth-order valence-corrected chi connectivity index (χ4v) is 1.52. The number of nitrogens with one attached hydrogen (secondary N) is 1. The summed E-state index contributed by atoms with van der Waals surface area (Å²) < 4.78 is 0. The van der Waals surface area contributed by atoms with Crippen molar-refractivity contribution in [3.8, 4) is 0 Å². The first-order chi connectivity index (χ1) is 4.99. The Labute approximate surface area is 65.2 Å². The topological polar surface area (TPSA) is 69.6 Å². The highest BCUT2D eigenvalue weighted by Gasteiger charge is 2.33. The fraction of sp³-hybridized carbons (Fsp3) is 0.857. The molecule has 0 saturated heterocycles. The van der Waals surface area contributed by atoms with Gasteiger partial charge in [-0.2, -0.15) is 0 Å². The van der Waals surface area contributed by atoms with Gasteiger partial charge in [-0.3, -0.25) is 0 Å². The summed E-state index contributed by atoms with van der Waals surface area (Å²) in [5.41, 5.74) is -0.673. The zero-order valence-electron chi connectivity index (χ0n) is 6.50. The number of hydrogen-bond donors (Lipinski definition) is 3. The zero-order valence-corrected chi connectivity index (χ0v) is 6.50. The van der Waals surface area contributed by atoms with Crippen LogP contribution in [0.4, 0.5) is 4.79 Å². The predicted molar refractivity (Wildman–Crippen MR) is 39.4 cm³/mol. The summed E-state index contributed by atoms with van der Waals surface area (Å²) in [6.45, 7) is 1.73. The van der Waals surface area contributed by atoms with Gasteiger partial charge in [0.25, 0.3) is 0 Å². The fourth-order valence-electron chi connectivity index (χ4n) is 1.52. The molecule has 0 heterocycles. The minimum absolute atomic E-state index is 0.0671. The number of rotatable bonds is 1. The van der Waals surface area contributed by atoms with Gasteiger partial charge in [0.2, 0.25) is 0 Å². The molecule has 1 rings (SSSR count). The van der Waals surface area contributed by atoms with E-state index in [0.29, 0.717) is 12.8 Å². The van der Waals surface area contributed by atoms with Crippen LogP contribution in [0.2, 0.25) is 0 Å². The molecule has 2 atom stereocenters. The third-order valence-electron chi connectivity index (χ3n) is 2.05. The molecule has 3 N–H and O–H groups in total. The van der Waals surface area contributed by atoms with E-state index in [0.717, 1.165) is 6.42 Å². The van der Waals surface area contributed by atoms with E-state index in [1.54, 1.807) is 6.92 Å². The van der Waals surface area contributed by atoms with Crippen LogP contribution >= 0.6 is 0 Å². The van der Waals surface area contributed by atoms with Crippen molar-refractivity contribution in [3.05, 3.63) is 0 Å². The summed E-state index contributed by atoms with van der Waals surface area (Å²) in [4.78, 5) is 10.2. The molecule has 11 heavy (non-hydrogen) atoms. The molecule has 1 aliphatic carbocycles. The molecular weight excluding hydrogens is 146 g/mol. The molecule has 0 bridgehead atoms. The van der Waals surface area contributed by atoms with Gasteiger partial charge in [0.15, 0.2) is 0 Å². The maximum atomic E-state index is 10.2. The van der Waals surface area contributed by atoms with Crippen molar-refractivity contribution in [1.29, 1.82) is 0 Å². The van der Waals surface area contributed by atoms with Gasteiger partial charge in [0.1, 0.15) is 0 Å². The highest BCUT2D eigenvalue weighted by atomic mass is 16.4. The highest BCUT2D eigenvalue weighted by molar-refractivity contribution is 5.64. The number of carboxylic acid groups (broad SMARTS) is 1. The number of amides is 1. The van der Waals surface area contributed by atoms with Crippen molar-refractivity contribution >= 4 is 6.09 Å². The van der Waals surface area contributed by atoms with E-state index in [9.17, 15) is 9.90 Å². The van der Waals surface area contributed by atoms with Crippen molar-refractivity contribution in [2.75, 3.05) is 0 Å². The number of hydrogen-bond acceptors (Lipinski definition) is 2. The maximum Gasteiger partial charge on any atom is 0.404 e. The molecule has 0 aliphatic heterocycles. The van der Waals surface area contributed by atoms with Crippen LogP contribution in [0.3, 0.4) is 0 Å². The number of carbonyl (C=O) groups is 1. The Balaban J connectivity index is 2.36. The molecule has 0 aromatic carbocycles. The van der Waals surface area contributed by atoms with Gasteiger partial charge in [0, 0.05) is 6.04 Å². The lowest BCUT2D eigenvalue weighted by Crippen LogP contribution is -2.33. The monoisotopic (exact) mass is 159 g/mol. The molecule has 1 saturated carbocycles. The van der Waals surface area contributed by atoms with Gasteiger partial charge >= 0.3 is 6.09 Å². The number of aliphatic hydroxyl groups is 1. The Hall–Kier alpha value is -0.770. The van der Waals surface area contributed by atoms with E-state index in [1.807, 2.05) is 0 Å². The van der Waals surface area contributed by atoms with Crippen LogP contribution in [-0.2, 0) is 0 Å². The Bertz CT molecular complexity index is 167. The smallest absolute Gasteiger partial charge is 0.404 e. The summed E-state index contributed by atoms with van der Waals surface area (Å²) in [5.74, 6) is 0. The molecule has 1 fully saturated rings. The Morgan fingerprint density at radius 2 is 2.36 bits per heavy atom. The van der Waals surface area contributed by atoms with Crippen LogP contribution in [0.5, 0.6) is 0 Å². The van der Waals surface area contributed by atoms with Crippen molar-refractivity contribution in [2.24, 2.45) is 0 Å². The standard InChI is InChI=1S/C7H13NO3/c1-7(11)3-2-5(4-7)8-6(9)10/h5,8,11H,2-4H2,1H3,(H,9,10)/t5-,7+/m0/s1. The second-order valence-corrected chi connectivity index (χ2v) is 3.39.